The number of nitrogens with zero attached hydrogens (tertiary/aromatic N) is 4. The highest BCUT2D eigenvalue weighted by Crippen LogP contribution is 2.32. The van der Waals surface area contributed by atoms with E-state index in [-0.39, 0.29) is 16.0 Å². The van der Waals surface area contributed by atoms with E-state index < -0.39 is 11.7 Å². The van der Waals surface area contributed by atoms with Crippen LogP contribution < -0.4 is 0 Å². The smallest absolute Gasteiger partial charge is 0.298 e. The second-order valence-electron chi connectivity index (χ2n) is 4.12. The molecule has 3 aromatic heterocycles. The second kappa shape index (κ2) is 4.85. The first-order valence-electron chi connectivity index (χ1n) is 5.59. The summed E-state index contributed by atoms with van der Waals surface area (Å²) in [7, 11) is 0. The van der Waals surface area contributed by atoms with Crippen LogP contribution in [-0.2, 0) is 6.18 Å². The van der Waals surface area contributed by atoms with Crippen LogP contribution in [0.4, 0.5) is 13.2 Å². The minimum Gasteiger partial charge on any atom is -0.298 e. The Hall–Kier alpha value is -1.86. The van der Waals surface area contributed by atoms with Crippen molar-refractivity contribution in [1.82, 2.24) is 19.4 Å². The molecular formula is C12H5Cl2F3N4. The molecule has 0 atom stereocenters. The molecule has 0 unspecified atom stereocenters. The van der Waals surface area contributed by atoms with Gasteiger partial charge in [-0.1, -0.05) is 11.6 Å². The summed E-state index contributed by atoms with van der Waals surface area (Å²) in [6.07, 6.45) is -0.869. The van der Waals surface area contributed by atoms with E-state index >= 15 is 0 Å². The molecule has 3 rings (SSSR count). The van der Waals surface area contributed by atoms with Gasteiger partial charge in [0, 0.05) is 6.20 Å². The van der Waals surface area contributed by atoms with Crippen LogP contribution in [0.5, 0.6) is 0 Å². The van der Waals surface area contributed by atoms with Gasteiger partial charge in [0.25, 0.3) is 0 Å². The van der Waals surface area contributed by atoms with Crippen molar-refractivity contribution in [3.8, 4) is 11.4 Å². The third kappa shape index (κ3) is 2.54. The predicted molar refractivity (Wildman–Crippen MR) is 71.2 cm³/mol. The molecule has 3 heterocycles. The van der Waals surface area contributed by atoms with Gasteiger partial charge in [-0.2, -0.15) is 13.2 Å². The quantitative estimate of drug-likeness (QED) is 0.629. The van der Waals surface area contributed by atoms with Crippen LogP contribution >= 0.6 is 23.2 Å². The summed E-state index contributed by atoms with van der Waals surface area (Å²) in [4.78, 5) is 11.7. The fraction of sp³-hybridized carbons (Fsp3) is 0.0833. The molecule has 0 saturated heterocycles. The Morgan fingerprint density at radius 2 is 1.81 bits per heavy atom. The number of hydrogen-bond donors (Lipinski definition) is 0. The molecule has 4 nitrogen and oxygen atoms in total. The lowest BCUT2D eigenvalue weighted by molar-refractivity contribution is -0.137. The summed E-state index contributed by atoms with van der Waals surface area (Å²) in [5.74, 6) is 0. The Morgan fingerprint density at radius 3 is 2.52 bits per heavy atom. The van der Waals surface area contributed by atoms with E-state index in [1.54, 1.807) is 0 Å². The van der Waals surface area contributed by atoms with Crippen LogP contribution in [0.1, 0.15) is 5.56 Å². The molecule has 0 aliphatic rings. The Kier molecular flexibility index (Phi) is 3.26. The molecule has 0 radical (unpaired) electrons. The average molecular weight is 333 g/mol. The van der Waals surface area contributed by atoms with E-state index in [0.29, 0.717) is 11.3 Å². The van der Waals surface area contributed by atoms with Crippen LogP contribution in [0.25, 0.3) is 17.0 Å². The van der Waals surface area contributed by atoms with Gasteiger partial charge in [-0.3, -0.25) is 4.40 Å². The molecule has 0 spiro atoms. The van der Waals surface area contributed by atoms with Gasteiger partial charge in [-0.15, -0.1) is 0 Å². The predicted octanol–water partition coefficient (Wildman–Crippen LogP) is 4.12. The van der Waals surface area contributed by atoms with E-state index in [2.05, 4.69) is 15.0 Å². The zero-order valence-corrected chi connectivity index (χ0v) is 11.6. The van der Waals surface area contributed by atoms with Crippen molar-refractivity contribution in [1.29, 1.82) is 0 Å². The SMILES string of the molecule is FC(F)(F)c1ccc2ncc(-c3nc(Cl)ncc3Cl)n2c1. The lowest BCUT2D eigenvalue weighted by Crippen LogP contribution is -2.06. The summed E-state index contributed by atoms with van der Waals surface area (Å²) in [6, 6.07) is 2.23. The highest BCUT2D eigenvalue weighted by atomic mass is 35.5. The Bertz CT molecular complexity index is 829. The third-order valence-corrected chi connectivity index (χ3v) is 3.25. The minimum atomic E-state index is -4.46. The number of pyridine rings is 1. The van der Waals surface area contributed by atoms with Gasteiger partial charge in [0.05, 0.1) is 28.7 Å². The topological polar surface area (TPSA) is 43.1 Å². The first kappa shape index (κ1) is 14.1. The minimum absolute atomic E-state index is 0.0590. The molecule has 21 heavy (non-hydrogen) atoms. The van der Waals surface area contributed by atoms with E-state index in [0.717, 1.165) is 12.3 Å². The number of imidazole rings is 1. The molecule has 0 fully saturated rings. The van der Waals surface area contributed by atoms with Crippen LogP contribution in [-0.4, -0.2) is 19.4 Å². The van der Waals surface area contributed by atoms with Gasteiger partial charge in [-0.05, 0) is 23.7 Å². The van der Waals surface area contributed by atoms with Gasteiger partial charge in [0.2, 0.25) is 5.28 Å². The van der Waals surface area contributed by atoms with Gasteiger partial charge < -0.3 is 0 Å². The van der Waals surface area contributed by atoms with Gasteiger partial charge in [0.1, 0.15) is 11.3 Å². The third-order valence-electron chi connectivity index (χ3n) is 2.79. The highest BCUT2D eigenvalue weighted by molar-refractivity contribution is 6.33. The summed E-state index contributed by atoms with van der Waals surface area (Å²) in [6.45, 7) is 0. The first-order valence-corrected chi connectivity index (χ1v) is 6.34. The molecule has 9 heteroatoms. The van der Waals surface area contributed by atoms with Gasteiger partial charge in [0.15, 0.2) is 0 Å². The fourth-order valence-corrected chi connectivity index (χ4v) is 2.17. The Morgan fingerprint density at radius 1 is 1.05 bits per heavy atom. The molecular weight excluding hydrogens is 328 g/mol. The van der Waals surface area contributed by atoms with Crippen LogP contribution in [0.2, 0.25) is 10.3 Å². The molecule has 0 aliphatic heterocycles. The summed E-state index contributed by atoms with van der Waals surface area (Å²) >= 11 is 11.7. The van der Waals surface area contributed by atoms with Crippen molar-refractivity contribution in [3.63, 3.8) is 0 Å². The van der Waals surface area contributed by atoms with Crippen LogP contribution in [0, 0.1) is 0 Å². The number of fused-ring (bicyclic) bond motifs is 1. The van der Waals surface area contributed by atoms with Gasteiger partial charge in [-0.25, -0.2) is 15.0 Å². The van der Waals surface area contributed by atoms with Crippen molar-refractivity contribution in [2.24, 2.45) is 0 Å². The molecule has 0 N–H and O–H groups in total. The van der Waals surface area contributed by atoms with Gasteiger partial charge >= 0.3 is 6.18 Å². The molecule has 0 aliphatic carbocycles. The number of aromatic nitrogens is 4. The monoisotopic (exact) mass is 332 g/mol. The van der Waals surface area contributed by atoms with Crippen molar-refractivity contribution < 1.29 is 13.2 Å². The molecule has 108 valence electrons. The normalized spacial score (nSPS) is 12.0. The largest absolute Gasteiger partial charge is 0.417 e. The Balaban J connectivity index is 2.26. The summed E-state index contributed by atoms with van der Waals surface area (Å²) in [5.41, 5.74) is 0.0446. The molecule has 0 aromatic carbocycles. The van der Waals surface area contributed by atoms with Crippen LogP contribution in [0.3, 0.4) is 0 Å². The summed E-state index contributed by atoms with van der Waals surface area (Å²) < 4.78 is 39.6. The standard InChI is InChI=1S/C12H5Cl2F3N4/c13-7-3-19-11(14)20-10(7)8-4-18-9-2-1-6(5-21(8)9)12(15,16)17/h1-5H. The molecule has 3 aromatic rings. The molecule has 0 bridgehead atoms. The maximum atomic E-state index is 12.8. The zero-order valence-electron chi connectivity index (χ0n) is 10.1. The fourth-order valence-electron chi connectivity index (χ4n) is 1.85. The van der Waals surface area contributed by atoms with Crippen LogP contribution in [0.15, 0.2) is 30.7 Å². The lowest BCUT2D eigenvalue weighted by atomic mass is 10.2. The maximum absolute atomic E-state index is 12.8. The van der Waals surface area contributed by atoms with Crippen molar-refractivity contribution >= 4 is 28.8 Å². The molecule has 0 saturated carbocycles. The van der Waals surface area contributed by atoms with Crippen molar-refractivity contribution in [2.45, 2.75) is 6.18 Å². The average Bonchev–Trinajstić information content (AvgIpc) is 2.83. The zero-order chi connectivity index (χ0) is 15.2. The van der Waals surface area contributed by atoms with Crippen molar-refractivity contribution in [3.05, 3.63) is 46.6 Å². The highest BCUT2D eigenvalue weighted by Gasteiger charge is 2.31. The number of rotatable bonds is 1. The number of hydrogen-bond acceptors (Lipinski definition) is 3. The molecule has 0 amide bonds. The van der Waals surface area contributed by atoms with E-state index in [1.807, 2.05) is 0 Å². The Labute approximate surface area is 126 Å². The first-order chi connectivity index (χ1) is 9.86. The van der Waals surface area contributed by atoms with Crippen molar-refractivity contribution in [2.75, 3.05) is 0 Å². The van der Waals surface area contributed by atoms with E-state index in [9.17, 15) is 13.2 Å². The van der Waals surface area contributed by atoms with E-state index in [4.69, 9.17) is 23.2 Å². The second-order valence-corrected chi connectivity index (χ2v) is 4.87. The summed E-state index contributed by atoms with van der Waals surface area (Å²) in [5, 5.41) is 0.106. The van der Waals surface area contributed by atoms with E-state index in [1.165, 1.54) is 22.9 Å². The lowest BCUT2D eigenvalue weighted by Gasteiger charge is -2.08. The number of alkyl halides is 3. The number of halogens is 5. The maximum Gasteiger partial charge on any atom is 0.417 e.